The van der Waals surface area contributed by atoms with E-state index in [1.54, 1.807) is 4.68 Å². The van der Waals surface area contributed by atoms with Gasteiger partial charge in [0.25, 0.3) is 5.56 Å². The van der Waals surface area contributed by atoms with Gasteiger partial charge in [-0.05, 0) is 25.7 Å². The van der Waals surface area contributed by atoms with Crippen LogP contribution in [0, 0.1) is 12.8 Å². The molecule has 0 aliphatic rings. The van der Waals surface area contributed by atoms with Gasteiger partial charge in [0.2, 0.25) is 0 Å². The van der Waals surface area contributed by atoms with Crippen molar-refractivity contribution in [3.63, 3.8) is 0 Å². The normalized spacial score (nSPS) is 11.3. The van der Waals surface area contributed by atoms with Crippen molar-refractivity contribution in [1.82, 2.24) is 9.36 Å². The Hall–Kier alpha value is -1.19. The summed E-state index contributed by atoms with van der Waals surface area (Å²) < 4.78 is 3.80. The fourth-order valence-electron chi connectivity index (χ4n) is 1.83. The third-order valence-corrected chi connectivity index (χ3v) is 2.89. The summed E-state index contributed by atoms with van der Waals surface area (Å²) in [6.45, 7) is 9.96. The van der Waals surface area contributed by atoms with Crippen molar-refractivity contribution in [3.8, 4) is 0 Å². The Bertz CT molecular complexity index is 401. The third-order valence-electron chi connectivity index (χ3n) is 2.89. The number of anilines is 1. The molecule has 16 heavy (non-hydrogen) atoms. The third kappa shape index (κ3) is 2.49. The van der Waals surface area contributed by atoms with E-state index in [2.05, 4.69) is 20.8 Å². The van der Waals surface area contributed by atoms with Crippen LogP contribution in [0.15, 0.2) is 4.79 Å². The Labute approximate surface area is 97.0 Å². The van der Waals surface area contributed by atoms with Crippen LogP contribution in [-0.4, -0.2) is 9.36 Å². The lowest BCUT2D eigenvalue weighted by molar-refractivity contribution is 0.394. The molecule has 4 nitrogen and oxygen atoms in total. The van der Waals surface area contributed by atoms with Crippen LogP contribution in [0.5, 0.6) is 0 Å². The summed E-state index contributed by atoms with van der Waals surface area (Å²) in [5, 5.41) is 0. The largest absolute Gasteiger partial charge is 0.393 e. The molecular formula is C12H23N3O. The zero-order chi connectivity index (χ0) is 12.3. The van der Waals surface area contributed by atoms with Gasteiger partial charge in [-0.25, -0.2) is 4.68 Å². The quantitative estimate of drug-likeness (QED) is 0.833. The van der Waals surface area contributed by atoms with Crippen molar-refractivity contribution in [3.05, 3.63) is 16.0 Å². The highest BCUT2D eigenvalue weighted by atomic mass is 16.1. The fourth-order valence-corrected chi connectivity index (χ4v) is 1.83. The van der Waals surface area contributed by atoms with Gasteiger partial charge in [-0.3, -0.25) is 9.48 Å². The lowest BCUT2D eigenvalue weighted by Crippen LogP contribution is -2.25. The predicted octanol–water partition coefficient (Wildman–Crippen LogP) is 2.00. The molecule has 0 amide bonds. The van der Waals surface area contributed by atoms with Crippen molar-refractivity contribution < 1.29 is 0 Å². The van der Waals surface area contributed by atoms with Crippen LogP contribution in [0.4, 0.5) is 5.69 Å². The lowest BCUT2D eigenvalue weighted by Gasteiger charge is -2.13. The van der Waals surface area contributed by atoms with E-state index in [-0.39, 0.29) is 5.56 Å². The number of hydrogen-bond acceptors (Lipinski definition) is 2. The van der Waals surface area contributed by atoms with E-state index in [0.717, 1.165) is 31.6 Å². The van der Waals surface area contributed by atoms with Crippen LogP contribution in [0.2, 0.25) is 0 Å². The smallest absolute Gasteiger partial charge is 0.290 e. The minimum atomic E-state index is -0.0356. The van der Waals surface area contributed by atoms with Crippen molar-refractivity contribution in [1.29, 1.82) is 0 Å². The number of rotatable bonds is 5. The average Bonchev–Trinajstić information content (AvgIpc) is 2.42. The van der Waals surface area contributed by atoms with Gasteiger partial charge in [0.15, 0.2) is 0 Å². The number of aromatic nitrogens is 2. The maximum absolute atomic E-state index is 11.9. The second-order valence-corrected chi connectivity index (χ2v) is 4.73. The standard InChI is InChI=1S/C12H23N3O/c1-5-7-14-10(4)11(13)12(16)15(14)8-6-9(2)3/h9H,5-8,13H2,1-4H3. The molecule has 92 valence electrons. The molecule has 0 aliphatic carbocycles. The first-order valence-electron chi connectivity index (χ1n) is 6.04. The maximum Gasteiger partial charge on any atom is 0.290 e. The molecule has 0 saturated heterocycles. The topological polar surface area (TPSA) is 52.9 Å². The van der Waals surface area contributed by atoms with Gasteiger partial charge in [-0.15, -0.1) is 0 Å². The van der Waals surface area contributed by atoms with Crippen molar-refractivity contribution in [2.75, 3.05) is 5.73 Å². The van der Waals surface area contributed by atoms with Crippen molar-refractivity contribution in [2.45, 2.75) is 53.6 Å². The summed E-state index contributed by atoms with van der Waals surface area (Å²) in [7, 11) is 0. The molecule has 0 atom stereocenters. The van der Waals surface area contributed by atoms with E-state index in [0.29, 0.717) is 11.6 Å². The summed E-state index contributed by atoms with van der Waals surface area (Å²) in [4.78, 5) is 11.9. The highest BCUT2D eigenvalue weighted by Crippen LogP contribution is 2.09. The second kappa shape index (κ2) is 5.23. The predicted molar refractivity (Wildman–Crippen MR) is 67.6 cm³/mol. The van der Waals surface area contributed by atoms with Crippen LogP contribution in [0.3, 0.4) is 0 Å². The van der Waals surface area contributed by atoms with Gasteiger partial charge < -0.3 is 5.73 Å². The summed E-state index contributed by atoms with van der Waals surface area (Å²) >= 11 is 0. The van der Waals surface area contributed by atoms with E-state index in [1.165, 1.54) is 0 Å². The zero-order valence-electron chi connectivity index (χ0n) is 10.8. The van der Waals surface area contributed by atoms with E-state index in [9.17, 15) is 4.79 Å². The fraction of sp³-hybridized carbons (Fsp3) is 0.750. The molecule has 1 rings (SSSR count). The van der Waals surface area contributed by atoms with Crippen molar-refractivity contribution in [2.24, 2.45) is 5.92 Å². The Kier molecular flexibility index (Phi) is 4.21. The van der Waals surface area contributed by atoms with Crippen LogP contribution >= 0.6 is 0 Å². The molecule has 2 N–H and O–H groups in total. The molecule has 0 radical (unpaired) electrons. The first-order valence-corrected chi connectivity index (χ1v) is 6.04. The van der Waals surface area contributed by atoms with Crippen LogP contribution in [0.25, 0.3) is 0 Å². The van der Waals surface area contributed by atoms with E-state index in [1.807, 2.05) is 11.6 Å². The Morgan fingerprint density at radius 1 is 1.25 bits per heavy atom. The van der Waals surface area contributed by atoms with E-state index < -0.39 is 0 Å². The molecule has 4 heteroatoms. The molecule has 0 aliphatic heterocycles. The molecule has 0 aromatic carbocycles. The summed E-state index contributed by atoms with van der Waals surface area (Å²) in [6.07, 6.45) is 2.02. The Morgan fingerprint density at radius 3 is 2.38 bits per heavy atom. The van der Waals surface area contributed by atoms with Crippen LogP contribution in [0.1, 0.15) is 39.3 Å². The van der Waals surface area contributed by atoms with E-state index >= 15 is 0 Å². The number of nitrogens with zero attached hydrogens (tertiary/aromatic N) is 2. The highest BCUT2D eigenvalue weighted by Gasteiger charge is 2.13. The molecule has 0 saturated carbocycles. The van der Waals surface area contributed by atoms with Gasteiger partial charge >= 0.3 is 0 Å². The highest BCUT2D eigenvalue weighted by molar-refractivity contribution is 5.40. The Morgan fingerprint density at radius 2 is 1.88 bits per heavy atom. The van der Waals surface area contributed by atoms with Crippen LogP contribution < -0.4 is 11.3 Å². The first kappa shape index (κ1) is 12.9. The van der Waals surface area contributed by atoms with Crippen LogP contribution in [-0.2, 0) is 13.1 Å². The molecule has 1 aromatic rings. The lowest BCUT2D eigenvalue weighted by atomic mass is 10.1. The average molecular weight is 225 g/mol. The molecule has 0 unspecified atom stereocenters. The summed E-state index contributed by atoms with van der Waals surface area (Å²) in [5.74, 6) is 0.596. The van der Waals surface area contributed by atoms with Gasteiger partial charge in [-0.1, -0.05) is 20.8 Å². The summed E-state index contributed by atoms with van der Waals surface area (Å²) in [5.41, 5.74) is 7.05. The van der Waals surface area contributed by atoms with Gasteiger partial charge in [-0.2, -0.15) is 0 Å². The van der Waals surface area contributed by atoms with Crippen molar-refractivity contribution >= 4 is 5.69 Å². The number of nitrogens with two attached hydrogens (primary N) is 1. The molecular weight excluding hydrogens is 202 g/mol. The number of nitrogen functional groups attached to an aromatic ring is 1. The van der Waals surface area contributed by atoms with E-state index in [4.69, 9.17) is 5.73 Å². The molecule has 0 bridgehead atoms. The SMILES string of the molecule is CCCn1c(C)c(N)c(=O)n1CCC(C)C. The summed E-state index contributed by atoms with van der Waals surface area (Å²) in [6, 6.07) is 0. The zero-order valence-corrected chi connectivity index (χ0v) is 10.8. The second-order valence-electron chi connectivity index (χ2n) is 4.73. The Balaban J connectivity index is 3.05. The van der Waals surface area contributed by atoms with Gasteiger partial charge in [0.1, 0.15) is 5.69 Å². The minimum absolute atomic E-state index is 0.0356. The molecule has 0 spiro atoms. The molecule has 1 aromatic heterocycles. The molecule has 1 heterocycles. The monoisotopic (exact) mass is 225 g/mol. The molecule has 0 fully saturated rings. The maximum atomic E-state index is 11.9. The number of hydrogen-bond donors (Lipinski definition) is 1. The van der Waals surface area contributed by atoms with Gasteiger partial charge in [0, 0.05) is 13.1 Å². The van der Waals surface area contributed by atoms with Gasteiger partial charge in [0.05, 0.1) is 5.69 Å². The minimum Gasteiger partial charge on any atom is -0.393 e. The first-order chi connectivity index (χ1) is 7.49.